The maximum absolute atomic E-state index is 12.0. The zero-order valence-electron chi connectivity index (χ0n) is 16.5. The maximum Gasteiger partial charge on any atom is 0.219 e. The molecule has 1 aliphatic heterocycles. The third kappa shape index (κ3) is 4.33. The van der Waals surface area contributed by atoms with Gasteiger partial charge in [0.15, 0.2) is 5.78 Å². The van der Waals surface area contributed by atoms with Crippen LogP contribution in [0.25, 0.3) is 10.9 Å². The van der Waals surface area contributed by atoms with Crippen molar-refractivity contribution in [2.45, 2.75) is 45.7 Å². The third-order valence-corrected chi connectivity index (χ3v) is 5.29. The summed E-state index contributed by atoms with van der Waals surface area (Å²) in [6, 6.07) is 6.11. The van der Waals surface area contributed by atoms with Gasteiger partial charge in [0.25, 0.3) is 0 Å². The minimum absolute atomic E-state index is 0.0704. The Bertz CT molecular complexity index is 827. The number of fused-ring (bicyclic) bond motifs is 1. The van der Waals surface area contributed by atoms with Crippen molar-refractivity contribution in [2.24, 2.45) is 0 Å². The van der Waals surface area contributed by atoms with Crippen LogP contribution in [0, 0.1) is 0 Å². The smallest absolute Gasteiger partial charge is 0.219 e. The third-order valence-electron chi connectivity index (χ3n) is 5.29. The van der Waals surface area contributed by atoms with E-state index >= 15 is 0 Å². The normalized spacial score (nSPS) is 17.4. The Morgan fingerprint density at radius 1 is 1.30 bits per heavy atom. The van der Waals surface area contributed by atoms with Gasteiger partial charge in [-0.05, 0) is 32.4 Å². The van der Waals surface area contributed by atoms with Crippen LogP contribution >= 0.6 is 0 Å². The number of hydrogen-bond donors (Lipinski definition) is 1. The van der Waals surface area contributed by atoms with Crippen LogP contribution < -0.4 is 10.1 Å². The van der Waals surface area contributed by atoms with Crippen molar-refractivity contribution in [1.82, 2.24) is 14.8 Å². The number of rotatable bonds is 8. The summed E-state index contributed by atoms with van der Waals surface area (Å²) in [6.07, 6.45) is 4.48. The molecule has 1 unspecified atom stereocenters. The Morgan fingerprint density at radius 3 is 2.81 bits per heavy atom. The van der Waals surface area contributed by atoms with Crippen LogP contribution in [0.15, 0.2) is 24.4 Å². The summed E-state index contributed by atoms with van der Waals surface area (Å²) in [4.78, 5) is 25.9. The predicted molar refractivity (Wildman–Crippen MR) is 106 cm³/mol. The first-order chi connectivity index (χ1) is 13.0. The fourth-order valence-electron chi connectivity index (χ4n) is 3.90. The summed E-state index contributed by atoms with van der Waals surface area (Å²) >= 11 is 0. The number of nitrogens with zero attached hydrogens (tertiary/aromatic N) is 2. The summed E-state index contributed by atoms with van der Waals surface area (Å²) in [5, 5.41) is 4.03. The Morgan fingerprint density at radius 2 is 2.11 bits per heavy atom. The number of nitrogens with one attached hydrogen (secondary N) is 1. The molecule has 0 bridgehead atoms. The van der Waals surface area contributed by atoms with E-state index in [4.69, 9.17) is 4.74 Å². The van der Waals surface area contributed by atoms with E-state index < -0.39 is 0 Å². The zero-order chi connectivity index (χ0) is 19.4. The molecule has 3 rings (SSSR count). The van der Waals surface area contributed by atoms with Crippen molar-refractivity contribution >= 4 is 22.6 Å². The van der Waals surface area contributed by atoms with Gasteiger partial charge in [-0.25, -0.2) is 0 Å². The summed E-state index contributed by atoms with van der Waals surface area (Å²) in [7, 11) is 1.66. The fourth-order valence-corrected chi connectivity index (χ4v) is 3.90. The molecular weight excluding hydrogens is 342 g/mol. The number of carbonyl (C=O) groups is 2. The fraction of sp³-hybridized carbons (Fsp3) is 0.524. The summed E-state index contributed by atoms with van der Waals surface area (Å²) < 4.78 is 7.66. The maximum atomic E-state index is 12.0. The number of aryl methyl sites for hydroxylation is 1. The van der Waals surface area contributed by atoms with Gasteiger partial charge in [0.1, 0.15) is 5.75 Å². The lowest BCUT2D eigenvalue weighted by Crippen LogP contribution is -2.36. The Kier molecular flexibility index (Phi) is 6.16. The molecule has 1 saturated heterocycles. The number of Topliss-reactive ketones (excluding diaryl/α,β-unsaturated/α-hetero) is 1. The first-order valence-electron chi connectivity index (χ1n) is 9.72. The quantitative estimate of drug-likeness (QED) is 0.725. The van der Waals surface area contributed by atoms with Crippen LogP contribution in [0.3, 0.4) is 0 Å². The molecule has 1 fully saturated rings. The largest absolute Gasteiger partial charge is 0.495 e. The highest BCUT2D eigenvalue weighted by Gasteiger charge is 2.23. The molecule has 2 aromatic rings. The van der Waals surface area contributed by atoms with Crippen molar-refractivity contribution in [3.63, 3.8) is 0 Å². The monoisotopic (exact) mass is 371 g/mol. The number of ketones is 1. The summed E-state index contributed by atoms with van der Waals surface area (Å²) in [5.74, 6) is 0.995. The van der Waals surface area contributed by atoms with Crippen LogP contribution in [0.1, 0.15) is 43.5 Å². The van der Waals surface area contributed by atoms with Crippen LogP contribution in [0.4, 0.5) is 0 Å². The molecular formula is C21H29N3O3. The van der Waals surface area contributed by atoms with Gasteiger partial charge < -0.3 is 19.5 Å². The standard InChI is InChI=1S/C21H29N3O3/c1-4-20(26)22-16-9-12-23(13-16)10-6-11-24-14-18(15(2)25)17-7-5-8-19(27-3)21(17)24/h5,7-8,14,16H,4,6,9-13H2,1-3H3,(H,22,26). The number of hydrogen-bond acceptors (Lipinski definition) is 4. The Hall–Kier alpha value is -2.34. The molecule has 0 aliphatic carbocycles. The van der Waals surface area contributed by atoms with E-state index in [1.807, 2.05) is 31.3 Å². The average molecular weight is 371 g/mol. The zero-order valence-corrected chi connectivity index (χ0v) is 16.5. The molecule has 27 heavy (non-hydrogen) atoms. The lowest BCUT2D eigenvalue weighted by atomic mass is 10.1. The number of benzene rings is 1. The van der Waals surface area contributed by atoms with Crippen molar-refractivity contribution in [1.29, 1.82) is 0 Å². The molecule has 1 aromatic heterocycles. The number of ether oxygens (including phenoxy) is 1. The Labute approximate surface area is 160 Å². The molecule has 0 radical (unpaired) electrons. The molecule has 1 atom stereocenters. The van der Waals surface area contributed by atoms with E-state index in [0.717, 1.165) is 61.2 Å². The molecule has 1 N–H and O–H groups in total. The topological polar surface area (TPSA) is 63.6 Å². The molecule has 1 aliphatic rings. The number of para-hydroxylation sites is 1. The lowest BCUT2D eigenvalue weighted by Gasteiger charge is -2.17. The summed E-state index contributed by atoms with van der Waals surface area (Å²) in [6.45, 7) is 7.22. The minimum Gasteiger partial charge on any atom is -0.495 e. The van der Waals surface area contributed by atoms with Gasteiger partial charge in [-0.3, -0.25) is 9.59 Å². The van der Waals surface area contributed by atoms with Crippen LogP contribution in [-0.4, -0.2) is 53.9 Å². The van der Waals surface area contributed by atoms with Gasteiger partial charge >= 0.3 is 0 Å². The number of aromatic nitrogens is 1. The van der Waals surface area contributed by atoms with Gasteiger partial charge in [-0.2, -0.15) is 0 Å². The molecule has 0 spiro atoms. The Balaban J connectivity index is 1.64. The van der Waals surface area contributed by atoms with E-state index in [1.54, 1.807) is 14.0 Å². The minimum atomic E-state index is 0.0704. The second-order valence-electron chi connectivity index (χ2n) is 7.21. The average Bonchev–Trinajstić information content (AvgIpc) is 3.26. The van der Waals surface area contributed by atoms with Gasteiger partial charge in [-0.15, -0.1) is 0 Å². The number of carbonyl (C=O) groups excluding carboxylic acids is 2. The molecule has 0 saturated carbocycles. The highest BCUT2D eigenvalue weighted by molar-refractivity contribution is 6.08. The van der Waals surface area contributed by atoms with E-state index in [1.165, 1.54) is 0 Å². The van der Waals surface area contributed by atoms with Gasteiger partial charge in [0, 0.05) is 49.2 Å². The highest BCUT2D eigenvalue weighted by atomic mass is 16.5. The van der Waals surface area contributed by atoms with Crippen molar-refractivity contribution in [2.75, 3.05) is 26.7 Å². The van der Waals surface area contributed by atoms with Crippen molar-refractivity contribution in [3.05, 3.63) is 30.0 Å². The highest BCUT2D eigenvalue weighted by Crippen LogP contribution is 2.30. The SMILES string of the molecule is CCC(=O)NC1CCN(CCCn2cc(C(C)=O)c3cccc(OC)c32)C1. The number of likely N-dealkylation sites (tertiary alicyclic amines) is 1. The van der Waals surface area contributed by atoms with E-state index in [9.17, 15) is 9.59 Å². The molecule has 1 aromatic carbocycles. The second kappa shape index (κ2) is 8.57. The van der Waals surface area contributed by atoms with Crippen LogP contribution in [-0.2, 0) is 11.3 Å². The van der Waals surface area contributed by atoms with Crippen molar-refractivity contribution in [3.8, 4) is 5.75 Å². The summed E-state index contributed by atoms with van der Waals surface area (Å²) in [5.41, 5.74) is 1.73. The predicted octanol–water partition coefficient (Wildman–Crippen LogP) is 2.84. The molecule has 1 amide bonds. The molecule has 6 heteroatoms. The number of methoxy groups -OCH3 is 1. The van der Waals surface area contributed by atoms with Gasteiger partial charge in [0.2, 0.25) is 5.91 Å². The molecule has 6 nitrogen and oxygen atoms in total. The van der Waals surface area contributed by atoms with Gasteiger partial charge in [-0.1, -0.05) is 19.1 Å². The van der Waals surface area contributed by atoms with Crippen LogP contribution in [0.2, 0.25) is 0 Å². The lowest BCUT2D eigenvalue weighted by molar-refractivity contribution is -0.121. The van der Waals surface area contributed by atoms with Crippen molar-refractivity contribution < 1.29 is 14.3 Å². The first-order valence-corrected chi connectivity index (χ1v) is 9.72. The number of amides is 1. The first kappa shape index (κ1) is 19.4. The van der Waals surface area contributed by atoms with E-state index in [2.05, 4.69) is 14.8 Å². The molecule has 146 valence electrons. The molecule has 2 heterocycles. The van der Waals surface area contributed by atoms with Crippen LogP contribution in [0.5, 0.6) is 5.75 Å². The van der Waals surface area contributed by atoms with E-state index in [-0.39, 0.29) is 17.7 Å². The van der Waals surface area contributed by atoms with Gasteiger partial charge in [0.05, 0.1) is 12.6 Å². The van der Waals surface area contributed by atoms with E-state index in [0.29, 0.717) is 6.42 Å². The second-order valence-corrected chi connectivity index (χ2v) is 7.21.